The molecule has 0 radical (unpaired) electrons. The van der Waals surface area contributed by atoms with Crippen molar-refractivity contribution in [2.75, 3.05) is 13.1 Å². The van der Waals surface area contributed by atoms with E-state index >= 15 is 0 Å². The summed E-state index contributed by atoms with van der Waals surface area (Å²) in [7, 11) is -7.19. The average molecular weight is 473 g/mol. The Bertz CT molecular complexity index is 1010. The second kappa shape index (κ2) is 8.00. The molecule has 2 aromatic carbocycles. The van der Waals surface area contributed by atoms with Crippen LogP contribution in [-0.2, 0) is 20.0 Å². The minimum absolute atomic E-state index is 0.187. The molecule has 0 spiro atoms. The van der Waals surface area contributed by atoms with Crippen molar-refractivity contribution < 1.29 is 16.8 Å². The minimum Gasteiger partial charge on any atom is -0.208 e. The third-order valence-corrected chi connectivity index (χ3v) is 8.47. The SMILES string of the molecule is Cc1ccc(S(=O)(=O)N2CCC(NS(=O)(=O)c3cccc(Br)c3)CC2)cc1. The molecule has 0 unspecified atom stereocenters. The smallest absolute Gasteiger partial charge is 0.208 e. The van der Waals surface area contributed by atoms with E-state index in [1.54, 1.807) is 42.5 Å². The molecule has 0 aliphatic carbocycles. The molecule has 2 aromatic rings. The predicted molar refractivity (Wildman–Crippen MR) is 107 cm³/mol. The molecule has 1 aliphatic heterocycles. The molecule has 1 N–H and O–H groups in total. The van der Waals surface area contributed by atoms with Crippen LogP contribution in [0.1, 0.15) is 18.4 Å². The zero-order chi connectivity index (χ0) is 19.7. The van der Waals surface area contributed by atoms with Crippen LogP contribution in [-0.4, -0.2) is 40.3 Å². The van der Waals surface area contributed by atoms with E-state index in [0.717, 1.165) is 5.56 Å². The largest absolute Gasteiger partial charge is 0.243 e. The fourth-order valence-electron chi connectivity index (χ4n) is 2.99. The number of aryl methyl sites for hydroxylation is 1. The van der Waals surface area contributed by atoms with Gasteiger partial charge in [0, 0.05) is 23.6 Å². The summed E-state index contributed by atoms with van der Waals surface area (Å²) < 4.78 is 55.3. The second-order valence-corrected chi connectivity index (χ2v) is 11.1. The average Bonchev–Trinajstić information content (AvgIpc) is 2.62. The molecule has 0 bridgehead atoms. The summed E-state index contributed by atoms with van der Waals surface area (Å²) in [6, 6.07) is 12.9. The molecule has 0 aromatic heterocycles. The van der Waals surface area contributed by atoms with Gasteiger partial charge < -0.3 is 0 Å². The Balaban J connectivity index is 1.66. The monoisotopic (exact) mass is 472 g/mol. The van der Waals surface area contributed by atoms with E-state index in [9.17, 15) is 16.8 Å². The Morgan fingerprint density at radius 1 is 0.963 bits per heavy atom. The highest BCUT2D eigenvalue weighted by Gasteiger charge is 2.31. The lowest BCUT2D eigenvalue weighted by atomic mass is 10.1. The van der Waals surface area contributed by atoms with Gasteiger partial charge in [0.1, 0.15) is 0 Å². The molecule has 1 aliphatic rings. The number of benzene rings is 2. The van der Waals surface area contributed by atoms with Gasteiger partial charge >= 0.3 is 0 Å². The number of sulfonamides is 2. The molecule has 1 saturated heterocycles. The van der Waals surface area contributed by atoms with E-state index in [1.807, 2.05) is 6.92 Å². The van der Waals surface area contributed by atoms with Crippen LogP contribution in [0.5, 0.6) is 0 Å². The summed E-state index contributed by atoms with van der Waals surface area (Å²) in [5, 5.41) is 0. The molecule has 1 fully saturated rings. The Kier molecular flexibility index (Phi) is 6.07. The standard InChI is InChI=1S/C18H21BrN2O4S2/c1-14-5-7-17(8-6-14)27(24,25)21-11-9-16(10-12-21)20-26(22,23)18-4-2-3-15(19)13-18/h2-8,13,16,20H,9-12H2,1H3. The molecular formula is C18H21BrN2O4S2. The summed E-state index contributed by atoms with van der Waals surface area (Å²) in [4.78, 5) is 0.452. The van der Waals surface area contributed by atoms with Crippen molar-refractivity contribution in [1.29, 1.82) is 0 Å². The van der Waals surface area contributed by atoms with E-state index < -0.39 is 20.0 Å². The number of piperidine rings is 1. The Hall–Kier alpha value is -1.26. The van der Waals surface area contributed by atoms with Crippen molar-refractivity contribution >= 4 is 36.0 Å². The van der Waals surface area contributed by atoms with E-state index in [2.05, 4.69) is 20.7 Å². The molecule has 27 heavy (non-hydrogen) atoms. The van der Waals surface area contributed by atoms with Gasteiger partial charge in [-0.25, -0.2) is 21.6 Å². The fraction of sp³-hybridized carbons (Fsp3) is 0.333. The maximum Gasteiger partial charge on any atom is 0.243 e. The van der Waals surface area contributed by atoms with Crippen molar-refractivity contribution in [2.24, 2.45) is 0 Å². The lowest BCUT2D eigenvalue weighted by Gasteiger charge is -2.31. The molecule has 146 valence electrons. The minimum atomic E-state index is -3.64. The molecule has 0 atom stereocenters. The second-order valence-electron chi connectivity index (χ2n) is 6.57. The van der Waals surface area contributed by atoms with Crippen molar-refractivity contribution in [3.8, 4) is 0 Å². The predicted octanol–water partition coefficient (Wildman–Crippen LogP) is 2.89. The van der Waals surface area contributed by atoms with E-state index in [1.165, 1.54) is 10.4 Å². The summed E-state index contributed by atoms with van der Waals surface area (Å²) >= 11 is 3.27. The first-order valence-corrected chi connectivity index (χ1v) is 12.2. The van der Waals surface area contributed by atoms with Gasteiger partial charge in [-0.05, 0) is 50.1 Å². The Morgan fingerprint density at radius 2 is 1.59 bits per heavy atom. The normalized spacial score (nSPS) is 17.1. The summed E-state index contributed by atoms with van der Waals surface area (Å²) in [5.74, 6) is 0. The number of hydrogen-bond acceptors (Lipinski definition) is 4. The van der Waals surface area contributed by atoms with Crippen molar-refractivity contribution in [1.82, 2.24) is 9.03 Å². The van der Waals surface area contributed by atoms with Crippen LogP contribution in [0.2, 0.25) is 0 Å². The van der Waals surface area contributed by atoms with Gasteiger partial charge in [-0.1, -0.05) is 39.7 Å². The molecule has 3 rings (SSSR count). The highest BCUT2D eigenvalue weighted by atomic mass is 79.9. The first-order chi connectivity index (χ1) is 12.7. The van der Waals surface area contributed by atoms with Crippen molar-refractivity contribution in [3.63, 3.8) is 0 Å². The Labute approximate surface area is 168 Å². The van der Waals surface area contributed by atoms with Crippen LogP contribution in [0.3, 0.4) is 0 Å². The number of rotatable bonds is 5. The van der Waals surface area contributed by atoms with E-state index in [4.69, 9.17) is 0 Å². The molecule has 0 amide bonds. The number of nitrogens with one attached hydrogen (secondary N) is 1. The summed E-state index contributed by atoms with van der Waals surface area (Å²) in [5.41, 5.74) is 0.995. The summed E-state index contributed by atoms with van der Waals surface area (Å²) in [6.45, 7) is 2.46. The van der Waals surface area contributed by atoms with Crippen LogP contribution in [0, 0.1) is 6.92 Å². The van der Waals surface area contributed by atoms with Crippen molar-refractivity contribution in [2.45, 2.75) is 35.6 Å². The number of hydrogen-bond donors (Lipinski definition) is 1. The van der Waals surface area contributed by atoms with E-state index in [0.29, 0.717) is 17.3 Å². The van der Waals surface area contributed by atoms with Gasteiger partial charge in [-0.15, -0.1) is 0 Å². The van der Waals surface area contributed by atoms with Gasteiger partial charge in [-0.3, -0.25) is 0 Å². The van der Waals surface area contributed by atoms with E-state index in [-0.39, 0.29) is 28.9 Å². The van der Waals surface area contributed by atoms with Crippen LogP contribution in [0.15, 0.2) is 62.8 Å². The van der Waals surface area contributed by atoms with Gasteiger partial charge in [-0.2, -0.15) is 4.31 Å². The van der Waals surface area contributed by atoms with Crippen molar-refractivity contribution in [3.05, 3.63) is 58.6 Å². The highest BCUT2D eigenvalue weighted by Crippen LogP contribution is 2.23. The molecule has 0 saturated carbocycles. The highest BCUT2D eigenvalue weighted by molar-refractivity contribution is 9.10. The van der Waals surface area contributed by atoms with Crippen LogP contribution in [0.4, 0.5) is 0 Å². The number of halogens is 1. The summed E-state index contributed by atoms with van der Waals surface area (Å²) in [6.07, 6.45) is 0.858. The first-order valence-electron chi connectivity index (χ1n) is 8.53. The molecule has 1 heterocycles. The van der Waals surface area contributed by atoms with Crippen LogP contribution >= 0.6 is 15.9 Å². The zero-order valence-electron chi connectivity index (χ0n) is 14.8. The van der Waals surface area contributed by atoms with Gasteiger partial charge in [0.15, 0.2) is 0 Å². The topological polar surface area (TPSA) is 83.6 Å². The Morgan fingerprint density at radius 3 is 2.19 bits per heavy atom. The maximum absolute atomic E-state index is 12.7. The molecular weight excluding hydrogens is 452 g/mol. The van der Waals surface area contributed by atoms with Crippen LogP contribution < -0.4 is 4.72 Å². The lowest BCUT2D eigenvalue weighted by Crippen LogP contribution is -2.46. The van der Waals surface area contributed by atoms with Gasteiger partial charge in [0.05, 0.1) is 9.79 Å². The third-order valence-electron chi connectivity index (χ3n) is 4.54. The zero-order valence-corrected chi connectivity index (χ0v) is 18.0. The molecule has 9 heteroatoms. The lowest BCUT2D eigenvalue weighted by molar-refractivity contribution is 0.308. The quantitative estimate of drug-likeness (QED) is 0.724. The molecule has 6 nitrogen and oxygen atoms in total. The third kappa shape index (κ3) is 4.78. The number of nitrogens with zero attached hydrogens (tertiary/aromatic N) is 1. The maximum atomic E-state index is 12.7. The van der Waals surface area contributed by atoms with Gasteiger partial charge in [0.2, 0.25) is 20.0 Å². The van der Waals surface area contributed by atoms with Gasteiger partial charge in [0.25, 0.3) is 0 Å². The fourth-order valence-corrected chi connectivity index (χ4v) is 6.37. The first kappa shape index (κ1) is 20.5. The van der Waals surface area contributed by atoms with Crippen LogP contribution in [0.25, 0.3) is 0 Å².